The minimum absolute atomic E-state index is 0.157. The fourth-order valence-corrected chi connectivity index (χ4v) is 18.1. The second-order valence-corrected chi connectivity index (χ2v) is 32.1. The van der Waals surface area contributed by atoms with Crippen molar-refractivity contribution in [1.29, 1.82) is 0 Å². The summed E-state index contributed by atoms with van der Waals surface area (Å²) in [5.41, 5.74) is 34.3. The smallest absolute Gasteiger partial charge is 0.252 e. The first-order valence-electron chi connectivity index (χ1n) is 38.6. The van der Waals surface area contributed by atoms with E-state index >= 15 is 0 Å². The van der Waals surface area contributed by atoms with E-state index in [1.165, 1.54) is 87.5 Å². The molecular weight excluding hydrogens is 1330 g/mol. The van der Waals surface area contributed by atoms with Gasteiger partial charge in [-0.15, -0.1) is 0 Å². The van der Waals surface area contributed by atoms with E-state index in [-0.39, 0.29) is 17.5 Å². The highest BCUT2D eigenvalue weighted by Gasteiger charge is 2.45. The number of benzene rings is 16. The zero-order valence-electron chi connectivity index (χ0n) is 62.5. The van der Waals surface area contributed by atoms with Crippen molar-refractivity contribution < 1.29 is 0 Å². The molecule has 0 saturated carbocycles. The van der Waals surface area contributed by atoms with Gasteiger partial charge in [0.15, 0.2) is 0 Å². The molecule has 110 heavy (non-hydrogen) atoms. The first kappa shape index (κ1) is 64.9. The van der Waals surface area contributed by atoms with Gasteiger partial charge in [-0.3, -0.25) is 0 Å². The third-order valence-corrected chi connectivity index (χ3v) is 23.4. The average molecular weight is 1410 g/mol. The van der Waals surface area contributed by atoms with Crippen LogP contribution in [0.5, 0.6) is 0 Å². The molecule has 0 atom stereocenters. The zero-order chi connectivity index (χ0) is 73.7. The summed E-state index contributed by atoms with van der Waals surface area (Å²) < 4.78 is 7.46. The second-order valence-electron chi connectivity index (χ2n) is 32.1. The van der Waals surface area contributed by atoms with Gasteiger partial charge in [0.05, 0.1) is 33.1 Å². The number of aromatic nitrogens is 3. The zero-order valence-corrected chi connectivity index (χ0v) is 62.5. The van der Waals surface area contributed by atoms with Crippen molar-refractivity contribution in [3.8, 4) is 72.7 Å². The van der Waals surface area contributed by atoms with Crippen LogP contribution in [0.15, 0.2) is 364 Å². The van der Waals surface area contributed by atoms with E-state index in [9.17, 15) is 0 Å². The van der Waals surface area contributed by atoms with Crippen molar-refractivity contribution in [2.24, 2.45) is 0 Å². The van der Waals surface area contributed by atoms with E-state index in [4.69, 9.17) is 0 Å². The lowest BCUT2D eigenvalue weighted by atomic mass is 9.33. The van der Waals surface area contributed by atoms with Gasteiger partial charge in [0, 0.05) is 83.5 Å². The van der Waals surface area contributed by atoms with Crippen LogP contribution in [-0.4, -0.2) is 20.4 Å². The fourth-order valence-electron chi connectivity index (χ4n) is 18.1. The number of hydrogen-bond donors (Lipinski definition) is 0. The van der Waals surface area contributed by atoms with Crippen LogP contribution < -0.4 is 26.2 Å². The third kappa shape index (κ3) is 10.5. The van der Waals surface area contributed by atoms with Gasteiger partial charge in [-0.1, -0.05) is 284 Å². The van der Waals surface area contributed by atoms with Crippen molar-refractivity contribution in [3.63, 3.8) is 0 Å². The quantitative estimate of drug-likeness (QED) is 0.127. The first-order chi connectivity index (χ1) is 53.8. The Morgan fingerprint density at radius 1 is 0.200 bits per heavy atom. The topological polar surface area (TPSA) is 21.3 Å². The molecule has 2 aliphatic rings. The molecule has 0 fully saturated rings. The molecule has 0 aliphatic carbocycles. The molecule has 2 aliphatic heterocycles. The Morgan fingerprint density at radius 2 is 0.482 bits per heavy atom. The summed E-state index contributed by atoms with van der Waals surface area (Å²) in [6.07, 6.45) is 0. The average Bonchev–Trinajstić information content (AvgIpc) is 0.847. The third-order valence-electron chi connectivity index (χ3n) is 23.4. The molecule has 0 amide bonds. The van der Waals surface area contributed by atoms with Crippen molar-refractivity contribution in [2.75, 3.05) is 9.80 Å². The molecular formula is C104H78BN5. The minimum atomic E-state index is -0.248. The number of rotatable bonds is 10. The Balaban J connectivity index is 0.897. The molecule has 5 nitrogen and oxygen atoms in total. The van der Waals surface area contributed by atoms with E-state index in [1.807, 2.05) is 0 Å². The maximum absolute atomic E-state index is 2.66. The maximum Gasteiger partial charge on any atom is 0.252 e. The van der Waals surface area contributed by atoms with E-state index in [0.717, 1.165) is 112 Å². The van der Waals surface area contributed by atoms with Crippen LogP contribution in [0.4, 0.5) is 34.1 Å². The van der Waals surface area contributed by atoms with Gasteiger partial charge in [-0.05, 0) is 215 Å². The molecule has 21 rings (SSSR count). The first-order valence-corrected chi connectivity index (χ1v) is 38.6. The molecule has 0 radical (unpaired) electrons. The molecule has 5 heterocycles. The monoisotopic (exact) mass is 1410 g/mol. The summed E-state index contributed by atoms with van der Waals surface area (Å²) in [4.78, 5) is 5.32. The van der Waals surface area contributed by atoms with E-state index in [2.05, 4.69) is 429 Å². The van der Waals surface area contributed by atoms with Crippen LogP contribution in [0.2, 0.25) is 0 Å². The van der Waals surface area contributed by atoms with Crippen molar-refractivity contribution in [2.45, 2.75) is 52.4 Å². The largest absolute Gasteiger partial charge is 0.311 e. The molecule has 19 aromatic rings. The summed E-state index contributed by atoms with van der Waals surface area (Å²) in [6, 6.07) is 137. The molecule has 0 spiro atoms. The minimum Gasteiger partial charge on any atom is -0.311 e. The van der Waals surface area contributed by atoms with Gasteiger partial charge < -0.3 is 23.5 Å². The van der Waals surface area contributed by atoms with E-state index in [0.29, 0.717) is 0 Å². The highest BCUT2D eigenvalue weighted by molar-refractivity contribution is 7.00. The maximum atomic E-state index is 2.66. The highest BCUT2D eigenvalue weighted by Crippen LogP contribution is 2.51. The lowest BCUT2D eigenvalue weighted by molar-refractivity contribution is 0.569. The molecule has 6 heteroatoms. The van der Waals surface area contributed by atoms with Crippen LogP contribution >= 0.6 is 0 Å². The van der Waals surface area contributed by atoms with Crippen molar-refractivity contribution >= 4 is 123 Å². The van der Waals surface area contributed by atoms with Crippen molar-refractivity contribution in [3.05, 3.63) is 375 Å². The van der Waals surface area contributed by atoms with E-state index < -0.39 is 0 Å². The van der Waals surface area contributed by atoms with Crippen molar-refractivity contribution in [1.82, 2.24) is 13.7 Å². The summed E-state index contributed by atoms with van der Waals surface area (Å²) in [5, 5.41) is 7.33. The number of anilines is 6. The summed E-state index contributed by atoms with van der Waals surface area (Å²) >= 11 is 0. The van der Waals surface area contributed by atoms with Crippen LogP contribution in [0, 0.1) is 0 Å². The highest BCUT2D eigenvalue weighted by atomic mass is 15.2. The molecule has 0 unspecified atom stereocenters. The Bertz CT molecular complexity index is 6670. The molecule has 0 saturated heterocycles. The van der Waals surface area contributed by atoms with Crippen LogP contribution in [0.25, 0.3) is 138 Å². The number of nitrogens with zero attached hydrogens (tertiary/aromatic N) is 5. The van der Waals surface area contributed by atoms with Gasteiger partial charge in [0.2, 0.25) is 0 Å². The van der Waals surface area contributed by atoms with Crippen LogP contribution in [0.1, 0.15) is 52.7 Å². The molecule has 522 valence electrons. The number of para-hydroxylation sites is 5. The van der Waals surface area contributed by atoms with Gasteiger partial charge in [-0.25, -0.2) is 0 Å². The van der Waals surface area contributed by atoms with E-state index in [1.54, 1.807) is 0 Å². The number of fused-ring (bicyclic) bond motifs is 13. The standard InChI is InChI=1S/C104H78BN5/c1-103(2,3)77-55-75(56-78(63-77)104(4,5)6)76-61-100-102-101(62-76)110(83-59-73(69-33-15-9-16-34-69)54-74(60-83)70-35-17-10-18-36-70)99-66-81(108-96-46-28-23-41-88(96)89-64-79(49-52-97(89)108)106-92-42-24-19-37-84(92)85-38-20-25-43-93(85)106)48-51-91(99)105(102)90-50-47-80(107-94-44-26-21-39-86(94)87-40-22-27-45-95(87)107)65-98(90)109(100)82-57-71(67-29-11-7-12-30-67)53-72(58-82)68-31-13-8-14-32-68/h7-66H,1-6H3. The van der Waals surface area contributed by atoms with Gasteiger partial charge in [0.25, 0.3) is 6.71 Å². The molecule has 3 aromatic heterocycles. The summed E-state index contributed by atoms with van der Waals surface area (Å²) in [7, 11) is 0. The predicted molar refractivity (Wildman–Crippen MR) is 468 cm³/mol. The normalized spacial score (nSPS) is 12.8. The molecule has 0 N–H and O–H groups in total. The van der Waals surface area contributed by atoms with Crippen LogP contribution in [-0.2, 0) is 10.8 Å². The van der Waals surface area contributed by atoms with Crippen LogP contribution in [0.3, 0.4) is 0 Å². The van der Waals surface area contributed by atoms with Gasteiger partial charge >= 0.3 is 0 Å². The SMILES string of the molecule is CC(C)(C)c1cc(-c2cc3c4c(c2)N(c2cc(-c5ccccc5)cc(-c5ccccc5)c2)c2cc(-n5c6ccccc6c6cc(-n7c8ccccc8c8ccccc87)ccc65)ccc2B4c2ccc(-n4c5ccccc5c5ccccc54)cc2N3c2cc(-c3ccccc3)cc(-c3ccccc3)c2)cc(C(C)(C)C)c1. The summed E-state index contributed by atoms with van der Waals surface area (Å²) in [5.74, 6) is 0. The number of hydrogen-bond acceptors (Lipinski definition) is 2. The second kappa shape index (κ2) is 25.1. The van der Waals surface area contributed by atoms with Gasteiger partial charge in [0.1, 0.15) is 0 Å². The Hall–Kier alpha value is -13.4. The summed E-state index contributed by atoms with van der Waals surface area (Å²) in [6.45, 7) is 13.9. The predicted octanol–water partition coefficient (Wildman–Crippen LogP) is 26.0. The Kier molecular flexibility index (Phi) is 14.8. The fraction of sp³-hybridized carbons (Fsp3) is 0.0769. The lowest BCUT2D eigenvalue weighted by Gasteiger charge is -2.45. The Labute approximate surface area is 642 Å². The Morgan fingerprint density at radius 3 is 0.827 bits per heavy atom. The molecule has 0 bridgehead atoms. The van der Waals surface area contributed by atoms with Gasteiger partial charge in [-0.2, -0.15) is 0 Å². The lowest BCUT2D eigenvalue weighted by Crippen LogP contribution is -2.61. The molecule has 16 aromatic carbocycles.